The number of benzene rings is 1. The molecule has 0 aliphatic carbocycles. The van der Waals surface area contributed by atoms with Gasteiger partial charge in [-0.25, -0.2) is 4.98 Å². The van der Waals surface area contributed by atoms with Crippen molar-refractivity contribution in [2.45, 2.75) is 0 Å². The molecule has 128 valence electrons. The van der Waals surface area contributed by atoms with Crippen molar-refractivity contribution in [3.8, 4) is 22.9 Å². The van der Waals surface area contributed by atoms with E-state index in [1.165, 1.54) is 6.20 Å². The zero-order valence-corrected chi connectivity index (χ0v) is 14.2. The molecule has 0 atom stereocenters. The minimum Gasteiger partial charge on any atom is -0.497 e. The van der Waals surface area contributed by atoms with E-state index < -0.39 is 5.91 Å². The van der Waals surface area contributed by atoms with Crippen molar-refractivity contribution < 1.29 is 14.3 Å². The van der Waals surface area contributed by atoms with E-state index in [1.54, 1.807) is 44.6 Å². The lowest BCUT2D eigenvalue weighted by Gasteiger charge is -2.07. The Hall–Kier alpha value is -3.13. The number of hydrogen-bond acceptors (Lipinski definition) is 6. The van der Waals surface area contributed by atoms with Crippen molar-refractivity contribution in [3.63, 3.8) is 0 Å². The Bertz CT molecular complexity index is 912. The van der Waals surface area contributed by atoms with Crippen molar-refractivity contribution in [1.29, 1.82) is 0 Å². The molecule has 2 aromatic heterocycles. The van der Waals surface area contributed by atoms with Gasteiger partial charge >= 0.3 is 0 Å². The highest BCUT2D eigenvalue weighted by atomic mass is 35.5. The molecule has 0 saturated carbocycles. The Balaban J connectivity index is 1.84. The molecule has 9 heteroatoms. The van der Waals surface area contributed by atoms with Crippen LogP contribution in [0.2, 0.25) is 5.15 Å². The molecular formula is C16H14ClN5O3. The van der Waals surface area contributed by atoms with E-state index >= 15 is 0 Å². The second kappa shape index (κ2) is 7.18. The molecule has 0 spiro atoms. The van der Waals surface area contributed by atoms with Crippen LogP contribution in [0.4, 0.5) is 5.95 Å². The average Bonchev–Trinajstić information content (AvgIpc) is 3.09. The number of carbonyl (C=O) groups excluding carboxylic acids is 1. The van der Waals surface area contributed by atoms with Crippen LogP contribution in [0.1, 0.15) is 10.4 Å². The first-order valence-corrected chi connectivity index (χ1v) is 7.57. The number of nitrogens with one attached hydrogen (secondary N) is 2. The van der Waals surface area contributed by atoms with Crippen LogP contribution in [0.5, 0.6) is 11.5 Å². The van der Waals surface area contributed by atoms with Crippen molar-refractivity contribution in [1.82, 2.24) is 20.2 Å². The smallest absolute Gasteiger partial charge is 0.261 e. The van der Waals surface area contributed by atoms with Crippen molar-refractivity contribution >= 4 is 23.5 Å². The average molecular weight is 360 g/mol. The quantitative estimate of drug-likeness (QED) is 0.679. The minimum absolute atomic E-state index is 0.104. The topological polar surface area (TPSA) is 102 Å². The molecule has 0 saturated heterocycles. The number of halogens is 1. The maximum atomic E-state index is 12.2. The normalized spacial score (nSPS) is 10.4. The largest absolute Gasteiger partial charge is 0.497 e. The van der Waals surface area contributed by atoms with Gasteiger partial charge in [0.1, 0.15) is 16.7 Å². The van der Waals surface area contributed by atoms with Gasteiger partial charge in [0, 0.05) is 12.3 Å². The highest BCUT2D eigenvalue weighted by Crippen LogP contribution is 2.31. The van der Waals surface area contributed by atoms with Gasteiger partial charge in [0.2, 0.25) is 5.95 Å². The molecule has 0 bridgehead atoms. The van der Waals surface area contributed by atoms with Crippen LogP contribution < -0.4 is 14.8 Å². The lowest BCUT2D eigenvalue weighted by molar-refractivity contribution is 0.102. The SMILES string of the molecule is COc1ccc(-c2nc(NC(=O)c3cccnc3Cl)n[nH]2)c(OC)c1. The van der Waals surface area contributed by atoms with Crippen LogP contribution in [-0.4, -0.2) is 40.3 Å². The number of methoxy groups -OCH3 is 2. The highest BCUT2D eigenvalue weighted by Gasteiger charge is 2.16. The second-order valence-corrected chi connectivity index (χ2v) is 5.23. The van der Waals surface area contributed by atoms with E-state index in [4.69, 9.17) is 21.1 Å². The summed E-state index contributed by atoms with van der Waals surface area (Å²) >= 11 is 5.91. The van der Waals surface area contributed by atoms with E-state index in [0.717, 1.165) is 0 Å². The molecule has 0 fully saturated rings. The number of aromatic amines is 1. The Morgan fingerprint density at radius 1 is 1.24 bits per heavy atom. The third kappa shape index (κ3) is 3.53. The van der Waals surface area contributed by atoms with Crippen LogP contribution in [0, 0.1) is 0 Å². The van der Waals surface area contributed by atoms with Gasteiger partial charge in [-0.3, -0.25) is 15.2 Å². The van der Waals surface area contributed by atoms with Crippen molar-refractivity contribution in [3.05, 3.63) is 47.2 Å². The van der Waals surface area contributed by atoms with Crippen LogP contribution >= 0.6 is 11.6 Å². The first kappa shape index (κ1) is 16.7. The van der Waals surface area contributed by atoms with E-state index in [9.17, 15) is 4.79 Å². The number of amides is 1. The molecule has 8 nitrogen and oxygen atoms in total. The number of ether oxygens (including phenoxy) is 2. The Kier molecular flexibility index (Phi) is 4.80. The summed E-state index contributed by atoms with van der Waals surface area (Å²) in [6.45, 7) is 0. The summed E-state index contributed by atoms with van der Waals surface area (Å²) in [4.78, 5) is 20.3. The number of carbonyl (C=O) groups is 1. The maximum Gasteiger partial charge on any atom is 0.261 e. The molecule has 1 amide bonds. The molecule has 3 aromatic rings. The fourth-order valence-corrected chi connectivity index (χ4v) is 2.36. The molecule has 2 N–H and O–H groups in total. The Morgan fingerprint density at radius 2 is 2.08 bits per heavy atom. The van der Waals surface area contributed by atoms with Gasteiger partial charge in [-0.1, -0.05) is 11.6 Å². The fourth-order valence-electron chi connectivity index (χ4n) is 2.16. The summed E-state index contributed by atoms with van der Waals surface area (Å²) in [5, 5.41) is 9.42. The highest BCUT2D eigenvalue weighted by molar-refractivity contribution is 6.33. The second-order valence-electron chi connectivity index (χ2n) is 4.87. The zero-order valence-electron chi connectivity index (χ0n) is 13.4. The maximum absolute atomic E-state index is 12.2. The van der Waals surface area contributed by atoms with E-state index in [1.807, 2.05) is 0 Å². The van der Waals surface area contributed by atoms with E-state index in [0.29, 0.717) is 22.9 Å². The summed E-state index contributed by atoms with van der Waals surface area (Å²) in [5.41, 5.74) is 0.910. The summed E-state index contributed by atoms with van der Waals surface area (Å²) < 4.78 is 10.5. The molecular weight excluding hydrogens is 346 g/mol. The van der Waals surface area contributed by atoms with Crippen LogP contribution in [0.15, 0.2) is 36.5 Å². The molecule has 0 unspecified atom stereocenters. The lowest BCUT2D eigenvalue weighted by Crippen LogP contribution is -2.13. The first-order chi connectivity index (χ1) is 12.1. The number of aromatic nitrogens is 4. The predicted molar refractivity (Wildman–Crippen MR) is 92.1 cm³/mol. The van der Waals surface area contributed by atoms with E-state index in [-0.39, 0.29) is 16.7 Å². The van der Waals surface area contributed by atoms with Gasteiger partial charge < -0.3 is 9.47 Å². The number of pyridine rings is 1. The van der Waals surface area contributed by atoms with Gasteiger partial charge in [-0.05, 0) is 24.3 Å². The number of anilines is 1. The molecule has 1 aromatic carbocycles. The number of H-pyrrole nitrogens is 1. The zero-order chi connectivity index (χ0) is 17.8. The van der Waals surface area contributed by atoms with E-state index in [2.05, 4.69) is 25.5 Å². The van der Waals surface area contributed by atoms with Gasteiger partial charge in [0.25, 0.3) is 5.91 Å². The third-order valence-electron chi connectivity index (χ3n) is 3.38. The monoisotopic (exact) mass is 359 g/mol. The minimum atomic E-state index is -0.453. The Morgan fingerprint density at radius 3 is 2.80 bits per heavy atom. The Labute approximate surface area is 148 Å². The van der Waals surface area contributed by atoms with Gasteiger partial charge in [0.15, 0.2) is 5.82 Å². The molecule has 0 radical (unpaired) electrons. The van der Waals surface area contributed by atoms with Crippen molar-refractivity contribution in [2.75, 3.05) is 19.5 Å². The van der Waals surface area contributed by atoms with Crippen LogP contribution in [0.3, 0.4) is 0 Å². The number of hydrogen-bond donors (Lipinski definition) is 2. The van der Waals surface area contributed by atoms with Gasteiger partial charge in [-0.15, -0.1) is 5.10 Å². The molecule has 0 aliphatic heterocycles. The molecule has 3 rings (SSSR count). The van der Waals surface area contributed by atoms with Crippen molar-refractivity contribution in [2.24, 2.45) is 0 Å². The van der Waals surface area contributed by atoms with Crippen LogP contribution in [0.25, 0.3) is 11.4 Å². The van der Waals surface area contributed by atoms with Gasteiger partial charge in [-0.2, -0.15) is 4.98 Å². The first-order valence-electron chi connectivity index (χ1n) is 7.19. The molecule has 0 aliphatic rings. The predicted octanol–water partition coefficient (Wildman–Crippen LogP) is 2.79. The number of rotatable bonds is 5. The summed E-state index contributed by atoms with van der Waals surface area (Å²) in [5.74, 6) is 1.30. The van der Waals surface area contributed by atoms with Gasteiger partial charge in [0.05, 0.1) is 25.3 Å². The summed E-state index contributed by atoms with van der Waals surface area (Å²) in [6, 6.07) is 8.46. The third-order valence-corrected chi connectivity index (χ3v) is 3.68. The lowest BCUT2D eigenvalue weighted by atomic mass is 10.2. The fraction of sp³-hybridized carbons (Fsp3) is 0.125. The summed E-state index contributed by atoms with van der Waals surface area (Å²) in [7, 11) is 3.11. The standard InChI is InChI=1S/C16H14ClN5O3/c1-24-9-5-6-10(12(8-9)25-2)14-19-16(22-21-14)20-15(23)11-4-3-7-18-13(11)17/h3-8H,1-2H3,(H2,19,20,21,22,23). The summed E-state index contributed by atoms with van der Waals surface area (Å²) in [6.07, 6.45) is 1.50. The van der Waals surface area contributed by atoms with Crippen LogP contribution in [-0.2, 0) is 0 Å². The molecule has 25 heavy (non-hydrogen) atoms. The number of nitrogens with zero attached hydrogens (tertiary/aromatic N) is 3. The molecule has 2 heterocycles.